The molecule has 0 radical (unpaired) electrons. The van der Waals surface area contributed by atoms with Crippen LogP contribution in [0.4, 0.5) is 5.69 Å². The summed E-state index contributed by atoms with van der Waals surface area (Å²) in [5.41, 5.74) is 11.3. The Labute approximate surface area is 115 Å². The smallest absolute Gasteiger partial charge is 0.0473 e. The van der Waals surface area contributed by atoms with Crippen LogP contribution >= 0.6 is 0 Å². The zero-order chi connectivity index (χ0) is 13.8. The highest BCUT2D eigenvalue weighted by atomic mass is 15.1. The molecule has 0 spiro atoms. The Balaban J connectivity index is 2.08. The van der Waals surface area contributed by atoms with Gasteiger partial charge in [0, 0.05) is 25.3 Å². The van der Waals surface area contributed by atoms with Crippen molar-refractivity contribution in [2.24, 2.45) is 5.73 Å². The van der Waals surface area contributed by atoms with Crippen LogP contribution in [0.15, 0.2) is 48.5 Å². The van der Waals surface area contributed by atoms with Gasteiger partial charge in [0.15, 0.2) is 0 Å². The third-order valence-corrected chi connectivity index (χ3v) is 3.50. The maximum Gasteiger partial charge on any atom is 0.0473 e. The van der Waals surface area contributed by atoms with Gasteiger partial charge >= 0.3 is 0 Å². The van der Waals surface area contributed by atoms with Gasteiger partial charge in [-0.25, -0.2) is 0 Å². The van der Waals surface area contributed by atoms with E-state index in [-0.39, 0.29) is 6.04 Å². The van der Waals surface area contributed by atoms with Gasteiger partial charge in [0.2, 0.25) is 0 Å². The molecule has 0 aliphatic heterocycles. The summed E-state index contributed by atoms with van der Waals surface area (Å²) in [5, 5.41) is 0. The number of benzene rings is 2. The Bertz CT molecular complexity index is 531. The van der Waals surface area contributed by atoms with E-state index in [0.29, 0.717) is 0 Å². The van der Waals surface area contributed by atoms with E-state index in [1.165, 1.54) is 22.4 Å². The zero-order valence-electron chi connectivity index (χ0n) is 11.9. The minimum Gasteiger partial charge on any atom is -0.372 e. The van der Waals surface area contributed by atoms with Crippen molar-refractivity contribution in [3.8, 4) is 0 Å². The fourth-order valence-electron chi connectivity index (χ4n) is 2.30. The Kier molecular flexibility index (Phi) is 4.23. The molecular formula is C17H22N2. The van der Waals surface area contributed by atoms with Gasteiger partial charge in [-0.05, 0) is 31.0 Å². The van der Waals surface area contributed by atoms with Crippen molar-refractivity contribution in [2.45, 2.75) is 19.9 Å². The molecule has 1 unspecified atom stereocenters. The first kappa shape index (κ1) is 13.6. The summed E-state index contributed by atoms with van der Waals surface area (Å²) >= 11 is 0. The predicted octanol–water partition coefficient (Wildman–Crippen LogP) is 3.44. The van der Waals surface area contributed by atoms with Crippen molar-refractivity contribution in [1.29, 1.82) is 0 Å². The van der Waals surface area contributed by atoms with Crippen LogP contribution in [-0.2, 0) is 0 Å². The molecule has 0 heterocycles. The van der Waals surface area contributed by atoms with Crippen LogP contribution in [-0.4, -0.2) is 13.6 Å². The molecule has 2 N–H and O–H groups in total. The molecule has 0 aliphatic rings. The lowest BCUT2D eigenvalue weighted by Gasteiger charge is -2.25. The number of likely N-dealkylation sites (N-methyl/N-ethyl adjacent to an activating group) is 1. The Morgan fingerprint density at radius 3 is 2.26 bits per heavy atom. The summed E-state index contributed by atoms with van der Waals surface area (Å²) in [4.78, 5) is 2.22. The maximum absolute atomic E-state index is 6.29. The molecule has 0 aliphatic carbocycles. The van der Waals surface area contributed by atoms with Crippen molar-refractivity contribution in [3.63, 3.8) is 0 Å². The molecule has 0 amide bonds. The summed E-state index contributed by atoms with van der Waals surface area (Å²) in [6.45, 7) is 5.03. The first-order chi connectivity index (χ1) is 9.08. The van der Waals surface area contributed by atoms with Crippen LogP contribution in [0.2, 0.25) is 0 Å². The van der Waals surface area contributed by atoms with Crippen molar-refractivity contribution < 1.29 is 0 Å². The fourth-order valence-corrected chi connectivity index (χ4v) is 2.30. The molecule has 1 atom stereocenters. The quantitative estimate of drug-likeness (QED) is 0.905. The minimum atomic E-state index is 0.0326. The third kappa shape index (κ3) is 3.36. The van der Waals surface area contributed by atoms with Crippen LogP contribution in [0.1, 0.15) is 22.7 Å². The Morgan fingerprint density at radius 1 is 1.00 bits per heavy atom. The number of hydrogen-bond acceptors (Lipinski definition) is 2. The van der Waals surface area contributed by atoms with Crippen molar-refractivity contribution in [1.82, 2.24) is 0 Å². The molecule has 2 rings (SSSR count). The van der Waals surface area contributed by atoms with Gasteiger partial charge in [0.05, 0.1) is 0 Å². The Morgan fingerprint density at radius 2 is 1.63 bits per heavy atom. The van der Waals surface area contributed by atoms with Crippen LogP contribution in [0.25, 0.3) is 0 Å². The normalized spacial score (nSPS) is 12.2. The maximum atomic E-state index is 6.29. The van der Waals surface area contributed by atoms with E-state index >= 15 is 0 Å². The second-order valence-electron chi connectivity index (χ2n) is 5.18. The lowest BCUT2D eigenvalue weighted by atomic mass is 10.0. The Hall–Kier alpha value is -1.80. The van der Waals surface area contributed by atoms with Gasteiger partial charge in [-0.1, -0.05) is 48.0 Å². The summed E-state index contributed by atoms with van der Waals surface area (Å²) in [6, 6.07) is 16.9. The van der Waals surface area contributed by atoms with E-state index in [1.54, 1.807) is 0 Å². The lowest BCUT2D eigenvalue weighted by molar-refractivity contribution is 0.702. The predicted molar refractivity (Wildman–Crippen MR) is 82.6 cm³/mol. The molecule has 0 saturated carbocycles. The highest BCUT2D eigenvalue weighted by Gasteiger charge is 2.10. The van der Waals surface area contributed by atoms with Crippen molar-refractivity contribution in [3.05, 3.63) is 65.2 Å². The first-order valence-electron chi connectivity index (χ1n) is 6.67. The number of rotatable bonds is 4. The standard InChI is InChI=1S/C17H22N2/c1-13-8-10-15(11-9-13)16(18)12-19(3)17-7-5-4-6-14(17)2/h4-11,16H,12,18H2,1-3H3. The average Bonchev–Trinajstić information content (AvgIpc) is 2.39. The number of para-hydroxylation sites is 1. The fraction of sp³-hybridized carbons (Fsp3) is 0.294. The molecule has 0 fully saturated rings. The number of nitrogens with zero attached hydrogens (tertiary/aromatic N) is 1. The summed E-state index contributed by atoms with van der Waals surface area (Å²) in [7, 11) is 2.09. The summed E-state index contributed by atoms with van der Waals surface area (Å²) < 4.78 is 0. The molecule has 19 heavy (non-hydrogen) atoms. The van der Waals surface area contributed by atoms with E-state index in [2.05, 4.69) is 74.3 Å². The number of hydrogen-bond donors (Lipinski definition) is 1. The molecule has 0 aromatic heterocycles. The molecule has 0 bridgehead atoms. The lowest BCUT2D eigenvalue weighted by Crippen LogP contribution is -2.29. The van der Waals surface area contributed by atoms with Gasteiger partial charge in [-0.2, -0.15) is 0 Å². The van der Waals surface area contributed by atoms with Crippen LogP contribution in [0, 0.1) is 13.8 Å². The number of aryl methyl sites for hydroxylation is 2. The molecule has 2 heteroatoms. The third-order valence-electron chi connectivity index (χ3n) is 3.50. The summed E-state index contributed by atoms with van der Waals surface area (Å²) in [6.07, 6.45) is 0. The van der Waals surface area contributed by atoms with Crippen LogP contribution < -0.4 is 10.6 Å². The van der Waals surface area contributed by atoms with Crippen molar-refractivity contribution >= 4 is 5.69 Å². The molecule has 100 valence electrons. The van der Waals surface area contributed by atoms with Crippen LogP contribution in [0.3, 0.4) is 0 Å². The molecule has 2 nitrogen and oxygen atoms in total. The van der Waals surface area contributed by atoms with Gasteiger partial charge in [0.25, 0.3) is 0 Å². The number of nitrogens with two attached hydrogens (primary N) is 1. The second kappa shape index (κ2) is 5.89. The zero-order valence-corrected chi connectivity index (χ0v) is 11.9. The van der Waals surface area contributed by atoms with E-state index in [1.807, 2.05) is 0 Å². The van der Waals surface area contributed by atoms with Crippen molar-refractivity contribution in [2.75, 3.05) is 18.5 Å². The van der Waals surface area contributed by atoms with Gasteiger partial charge in [-0.15, -0.1) is 0 Å². The second-order valence-corrected chi connectivity index (χ2v) is 5.18. The van der Waals surface area contributed by atoms with Gasteiger partial charge in [-0.3, -0.25) is 0 Å². The van der Waals surface area contributed by atoms with Gasteiger partial charge < -0.3 is 10.6 Å². The van der Waals surface area contributed by atoms with Crippen LogP contribution in [0.5, 0.6) is 0 Å². The van der Waals surface area contributed by atoms with E-state index in [9.17, 15) is 0 Å². The molecule has 0 saturated heterocycles. The molecule has 2 aromatic rings. The first-order valence-corrected chi connectivity index (χ1v) is 6.67. The largest absolute Gasteiger partial charge is 0.372 e. The van der Waals surface area contributed by atoms with E-state index in [0.717, 1.165) is 6.54 Å². The SMILES string of the molecule is Cc1ccc(C(N)CN(C)c2ccccc2C)cc1. The molecule has 2 aromatic carbocycles. The highest BCUT2D eigenvalue weighted by molar-refractivity contribution is 5.52. The van der Waals surface area contributed by atoms with Gasteiger partial charge in [0.1, 0.15) is 0 Å². The molecular weight excluding hydrogens is 232 g/mol. The number of anilines is 1. The summed E-state index contributed by atoms with van der Waals surface area (Å²) in [5.74, 6) is 0. The van der Waals surface area contributed by atoms with E-state index in [4.69, 9.17) is 5.73 Å². The highest BCUT2D eigenvalue weighted by Crippen LogP contribution is 2.20. The monoisotopic (exact) mass is 254 g/mol. The topological polar surface area (TPSA) is 29.3 Å². The minimum absolute atomic E-state index is 0.0326. The average molecular weight is 254 g/mol. The van der Waals surface area contributed by atoms with E-state index < -0.39 is 0 Å².